The third-order valence-electron chi connectivity index (χ3n) is 2.33. The fraction of sp³-hybridized carbons (Fsp3) is 0.143. The summed E-state index contributed by atoms with van der Waals surface area (Å²) in [5.41, 5.74) is 0. The van der Waals surface area contributed by atoms with Crippen LogP contribution in [0.2, 0.25) is 0 Å². The molecule has 0 heterocycles. The quantitative estimate of drug-likeness (QED) is 0.437. The van der Waals surface area contributed by atoms with Gasteiger partial charge >= 0.3 is 0 Å². The van der Waals surface area contributed by atoms with Gasteiger partial charge in [0.1, 0.15) is 0 Å². The zero-order chi connectivity index (χ0) is 13.5. The van der Waals surface area contributed by atoms with Crippen molar-refractivity contribution in [3.8, 4) is 0 Å². The average molecular weight is 347 g/mol. The highest BCUT2D eigenvalue weighted by molar-refractivity contribution is 8.00. The molecule has 19 heavy (non-hydrogen) atoms. The molecule has 0 aromatic heterocycles. The van der Waals surface area contributed by atoms with Gasteiger partial charge in [-0.3, -0.25) is 0 Å². The summed E-state index contributed by atoms with van der Waals surface area (Å²) in [4.78, 5) is 4.87. The maximum absolute atomic E-state index is 5.69. The first-order valence-electron chi connectivity index (χ1n) is 5.57. The minimum atomic E-state index is 0.589. The van der Waals surface area contributed by atoms with Crippen molar-refractivity contribution < 1.29 is 0 Å². The van der Waals surface area contributed by atoms with E-state index in [-0.39, 0.29) is 0 Å². The number of thioether (sulfide) groups is 2. The smallest absolute Gasteiger partial charge is 0.0727 e. The first kappa shape index (κ1) is 15.5. The van der Waals surface area contributed by atoms with Crippen molar-refractivity contribution in [3.63, 3.8) is 0 Å². The predicted octanol–water partition coefficient (Wildman–Crippen LogP) is 6.41. The van der Waals surface area contributed by atoms with Gasteiger partial charge in [0.2, 0.25) is 0 Å². The molecule has 0 fully saturated rings. The lowest BCUT2D eigenvalue weighted by atomic mass is 10.4. The van der Waals surface area contributed by atoms with Gasteiger partial charge < -0.3 is 0 Å². The first-order valence-corrected chi connectivity index (χ1v) is 9.43. The highest BCUT2D eigenvalue weighted by Crippen LogP contribution is 2.31. The van der Waals surface area contributed by atoms with E-state index in [1.807, 2.05) is 0 Å². The molecule has 0 N–H and O–H groups in total. The molecule has 0 atom stereocenters. The van der Waals surface area contributed by atoms with Crippen LogP contribution in [0.3, 0.4) is 0 Å². The molecule has 0 aliphatic carbocycles. The van der Waals surface area contributed by atoms with Crippen LogP contribution in [0.5, 0.6) is 0 Å². The summed E-state index contributed by atoms with van der Waals surface area (Å²) in [6, 6.07) is 16.9. The van der Waals surface area contributed by atoms with Gasteiger partial charge in [0.15, 0.2) is 0 Å². The second-order valence-electron chi connectivity index (χ2n) is 3.55. The van der Waals surface area contributed by atoms with Gasteiger partial charge in [-0.2, -0.15) is 0 Å². The topological polar surface area (TPSA) is 0 Å². The van der Waals surface area contributed by atoms with Crippen molar-refractivity contribution in [2.45, 2.75) is 19.6 Å². The van der Waals surface area contributed by atoms with E-state index >= 15 is 0 Å². The van der Waals surface area contributed by atoms with Crippen LogP contribution >= 0.6 is 58.5 Å². The van der Waals surface area contributed by atoms with Crippen LogP contribution in [-0.2, 0) is 0 Å². The molecule has 5 heteroatoms. The molecule has 100 valence electrons. The number of halogens is 2. The SMILES string of the molecule is ClCSc1ccc(Sc2ccc(SCCl)cc2)cc1. The Morgan fingerprint density at radius 1 is 0.579 bits per heavy atom. The Hall–Kier alpha value is 0.0700. The summed E-state index contributed by atoms with van der Waals surface area (Å²) in [6.07, 6.45) is 0. The van der Waals surface area contributed by atoms with E-state index in [0.29, 0.717) is 10.4 Å². The molecule has 0 saturated carbocycles. The maximum atomic E-state index is 5.69. The lowest BCUT2D eigenvalue weighted by Crippen LogP contribution is -1.76. The Balaban J connectivity index is 1.99. The Bertz CT molecular complexity index is 450. The fourth-order valence-corrected chi connectivity index (χ4v) is 3.95. The van der Waals surface area contributed by atoms with E-state index in [4.69, 9.17) is 23.2 Å². The molecular formula is C14H12Cl2S3. The van der Waals surface area contributed by atoms with Crippen LogP contribution in [-0.4, -0.2) is 10.4 Å². The summed E-state index contributed by atoms with van der Waals surface area (Å²) < 4.78 is 0. The predicted molar refractivity (Wildman–Crippen MR) is 90.2 cm³/mol. The standard InChI is InChI=1S/C14H12Cl2S3/c15-9-17-11-1-5-13(6-2-11)19-14-7-3-12(4-8-14)18-10-16/h1-8H,9-10H2. The van der Waals surface area contributed by atoms with Gasteiger partial charge in [0, 0.05) is 19.6 Å². The van der Waals surface area contributed by atoms with Gasteiger partial charge in [-0.1, -0.05) is 11.8 Å². The summed E-state index contributed by atoms with van der Waals surface area (Å²) in [6.45, 7) is 0. The van der Waals surface area contributed by atoms with Gasteiger partial charge in [0.25, 0.3) is 0 Å². The van der Waals surface area contributed by atoms with Crippen LogP contribution in [0, 0.1) is 0 Å². The summed E-state index contributed by atoms with van der Waals surface area (Å²) in [7, 11) is 0. The number of hydrogen-bond donors (Lipinski definition) is 0. The number of alkyl halides is 2. The number of hydrogen-bond acceptors (Lipinski definition) is 3. The Labute approximate surface area is 136 Å². The first-order chi connectivity index (χ1) is 9.31. The van der Waals surface area contributed by atoms with Crippen molar-refractivity contribution in [1.82, 2.24) is 0 Å². The monoisotopic (exact) mass is 346 g/mol. The average Bonchev–Trinajstić information content (AvgIpc) is 2.44. The molecule has 0 aliphatic rings. The largest absolute Gasteiger partial charge is 0.114 e. The number of benzene rings is 2. The van der Waals surface area contributed by atoms with E-state index in [1.165, 1.54) is 19.6 Å². The molecule has 0 aliphatic heterocycles. The van der Waals surface area contributed by atoms with Crippen molar-refractivity contribution in [1.29, 1.82) is 0 Å². The van der Waals surface area contributed by atoms with E-state index in [0.717, 1.165) is 0 Å². The van der Waals surface area contributed by atoms with Gasteiger partial charge in [-0.05, 0) is 48.5 Å². The molecule has 0 unspecified atom stereocenters. The molecular weight excluding hydrogens is 335 g/mol. The van der Waals surface area contributed by atoms with E-state index in [9.17, 15) is 0 Å². The summed E-state index contributed by atoms with van der Waals surface area (Å²) in [5.74, 6) is 0. The Morgan fingerprint density at radius 2 is 0.895 bits per heavy atom. The van der Waals surface area contributed by atoms with Crippen LogP contribution in [0.4, 0.5) is 0 Å². The zero-order valence-corrected chi connectivity index (χ0v) is 14.0. The molecule has 2 aromatic carbocycles. The molecule has 0 radical (unpaired) electrons. The fourth-order valence-electron chi connectivity index (χ4n) is 1.47. The highest BCUT2D eigenvalue weighted by atomic mass is 35.5. The third kappa shape index (κ3) is 5.16. The number of rotatable bonds is 6. The van der Waals surface area contributed by atoms with Gasteiger partial charge in [0.05, 0.1) is 10.4 Å². The van der Waals surface area contributed by atoms with Gasteiger partial charge in [-0.25, -0.2) is 0 Å². The van der Waals surface area contributed by atoms with Crippen molar-refractivity contribution >= 4 is 58.5 Å². The van der Waals surface area contributed by atoms with E-state index < -0.39 is 0 Å². The lowest BCUT2D eigenvalue weighted by Gasteiger charge is -2.04. The normalized spacial score (nSPS) is 10.6. The third-order valence-corrected chi connectivity index (χ3v) is 5.43. The molecule has 0 amide bonds. The second-order valence-corrected chi connectivity index (χ2v) is 7.96. The Morgan fingerprint density at radius 3 is 1.21 bits per heavy atom. The van der Waals surface area contributed by atoms with Crippen molar-refractivity contribution in [2.75, 3.05) is 10.4 Å². The van der Waals surface area contributed by atoms with Crippen LogP contribution < -0.4 is 0 Å². The minimum absolute atomic E-state index is 0.589. The Kier molecular flexibility index (Phi) is 6.82. The zero-order valence-electron chi connectivity index (χ0n) is 10.0. The molecule has 0 bridgehead atoms. The summed E-state index contributed by atoms with van der Waals surface area (Å²) >= 11 is 16.4. The maximum Gasteiger partial charge on any atom is 0.0727 e. The lowest BCUT2D eigenvalue weighted by molar-refractivity contribution is 1.32. The van der Waals surface area contributed by atoms with Crippen molar-refractivity contribution in [3.05, 3.63) is 48.5 Å². The molecule has 2 rings (SSSR count). The van der Waals surface area contributed by atoms with Crippen LogP contribution in [0.1, 0.15) is 0 Å². The highest BCUT2D eigenvalue weighted by Gasteiger charge is 1.99. The molecule has 0 nitrogen and oxygen atoms in total. The minimum Gasteiger partial charge on any atom is -0.114 e. The van der Waals surface area contributed by atoms with Crippen LogP contribution in [0.25, 0.3) is 0 Å². The van der Waals surface area contributed by atoms with E-state index in [1.54, 1.807) is 35.3 Å². The molecule has 0 saturated heterocycles. The van der Waals surface area contributed by atoms with E-state index in [2.05, 4.69) is 48.5 Å². The molecule has 0 spiro atoms. The van der Waals surface area contributed by atoms with Gasteiger partial charge in [-0.15, -0.1) is 46.7 Å². The van der Waals surface area contributed by atoms with Crippen molar-refractivity contribution in [2.24, 2.45) is 0 Å². The second kappa shape index (κ2) is 8.38. The summed E-state index contributed by atoms with van der Waals surface area (Å²) in [5, 5.41) is 1.18. The van der Waals surface area contributed by atoms with Crippen LogP contribution in [0.15, 0.2) is 68.1 Å². The molecule has 2 aromatic rings.